The summed E-state index contributed by atoms with van der Waals surface area (Å²) in [4.78, 5) is 2.43. The molecule has 0 aliphatic heterocycles. The molecule has 0 aromatic carbocycles. The fourth-order valence-electron chi connectivity index (χ4n) is 1.85. The number of aromatic nitrogens is 1. The monoisotopic (exact) mass is 316 g/mol. The van der Waals surface area contributed by atoms with Gasteiger partial charge in [-0.1, -0.05) is 6.92 Å². The number of aryl methyl sites for hydroxylation is 1. The largest absolute Gasteiger partial charge is 0.352 e. The Hall–Kier alpha value is -0.890. The first kappa shape index (κ1) is 18.2. The van der Waals surface area contributed by atoms with Crippen LogP contribution >= 0.6 is 0 Å². The molecule has 0 aliphatic rings. The van der Waals surface area contributed by atoms with Crippen molar-refractivity contribution in [2.45, 2.75) is 38.3 Å². The highest BCUT2D eigenvalue weighted by molar-refractivity contribution is 7.89. The first-order valence-electron chi connectivity index (χ1n) is 7.33. The zero-order valence-electron chi connectivity index (χ0n) is 13.7. The normalized spacial score (nSPS) is 12.5. The van der Waals surface area contributed by atoms with Gasteiger partial charge >= 0.3 is 0 Å². The van der Waals surface area contributed by atoms with Crippen LogP contribution in [0.15, 0.2) is 17.2 Å². The highest BCUT2D eigenvalue weighted by Gasteiger charge is 2.17. The Labute approximate surface area is 128 Å². The van der Waals surface area contributed by atoms with Gasteiger partial charge in [-0.3, -0.25) is 0 Å². The second-order valence-corrected chi connectivity index (χ2v) is 7.30. The van der Waals surface area contributed by atoms with Crippen LogP contribution in [0, 0.1) is 0 Å². The average Bonchev–Trinajstić information content (AvgIpc) is 2.78. The van der Waals surface area contributed by atoms with Gasteiger partial charge in [0.2, 0.25) is 10.0 Å². The predicted octanol–water partition coefficient (Wildman–Crippen LogP) is 0.753. The molecule has 0 aliphatic carbocycles. The fourth-order valence-corrected chi connectivity index (χ4v) is 2.97. The third kappa shape index (κ3) is 5.43. The second kappa shape index (κ2) is 7.93. The lowest BCUT2D eigenvalue weighted by Crippen LogP contribution is -2.36. The third-order valence-corrected chi connectivity index (χ3v) is 5.02. The number of nitrogens with zero attached hydrogens (tertiary/aromatic N) is 2. The predicted molar refractivity (Wildman–Crippen MR) is 85.7 cm³/mol. The van der Waals surface area contributed by atoms with Gasteiger partial charge in [-0.05, 0) is 33.5 Å². The highest BCUT2D eigenvalue weighted by atomic mass is 32.2. The molecule has 2 N–H and O–H groups in total. The summed E-state index contributed by atoms with van der Waals surface area (Å²) in [7, 11) is 0.408. The topological polar surface area (TPSA) is 66.4 Å². The maximum Gasteiger partial charge on any atom is 0.242 e. The van der Waals surface area contributed by atoms with Crippen molar-refractivity contribution in [2.75, 3.05) is 26.7 Å². The molecule has 1 heterocycles. The molecule has 0 amide bonds. The zero-order chi connectivity index (χ0) is 16.0. The molecule has 7 heteroatoms. The Morgan fingerprint density at radius 3 is 2.62 bits per heavy atom. The van der Waals surface area contributed by atoms with Crippen molar-refractivity contribution in [1.29, 1.82) is 0 Å². The Balaban J connectivity index is 2.66. The van der Waals surface area contributed by atoms with E-state index in [9.17, 15) is 8.42 Å². The Morgan fingerprint density at radius 1 is 1.38 bits per heavy atom. The Kier molecular flexibility index (Phi) is 6.86. The number of hydrogen-bond acceptors (Lipinski definition) is 4. The molecule has 0 unspecified atom stereocenters. The molecule has 0 bridgehead atoms. The van der Waals surface area contributed by atoms with Crippen LogP contribution < -0.4 is 10.0 Å². The van der Waals surface area contributed by atoms with Gasteiger partial charge in [0.25, 0.3) is 0 Å². The lowest BCUT2D eigenvalue weighted by molar-refractivity contribution is 0.278. The van der Waals surface area contributed by atoms with Gasteiger partial charge in [0, 0.05) is 44.6 Å². The first-order chi connectivity index (χ1) is 9.77. The van der Waals surface area contributed by atoms with E-state index in [1.165, 1.54) is 0 Å². The van der Waals surface area contributed by atoms with Crippen molar-refractivity contribution in [1.82, 2.24) is 19.5 Å². The molecular weight excluding hydrogens is 288 g/mol. The SMILES string of the molecule is CCNCc1cc(S(=O)(=O)NCCN(C)C(C)C)cn1C. The van der Waals surface area contributed by atoms with E-state index in [4.69, 9.17) is 0 Å². The van der Waals surface area contributed by atoms with Gasteiger partial charge in [-0.2, -0.15) is 0 Å². The molecule has 1 aromatic heterocycles. The smallest absolute Gasteiger partial charge is 0.242 e. The number of hydrogen-bond donors (Lipinski definition) is 2. The van der Waals surface area contributed by atoms with Crippen LogP contribution in [0.5, 0.6) is 0 Å². The molecule has 0 saturated carbocycles. The number of nitrogens with one attached hydrogen (secondary N) is 2. The van der Waals surface area contributed by atoms with Crippen LogP contribution in [0.1, 0.15) is 26.5 Å². The molecule has 0 radical (unpaired) electrons. The summed E-state index contributed by atoms with van der Waals surface area (Å²) in [5, 5.41) is 3.20. The van der Waals surface area contributed by atoms with Gasteiger partial charge < -0.3 is 14.8 Å². The minimum Gasteiger partial charge on any atom is -0.352 e. The number of rotatable bonds is 9. The van der Waals surface area contributed by atoms with Gasteiger partial charge in [0.15, 0.2) is 0 Å². The fraction of sp³-hybridized carbons (Fsp3) is 0.714. The first-order valence-corrected chi connectivity index (χ1v) is 8.82. The van der Waals surface area contributed by atoms with Crippen molar-refractivity contribution in [3.05, 3.63) is 18.0 Å². The molecule has 0 atom stereocenters. The summed E-state index contributed by atoms with van der Waals surface area (Å²) in [5.74, 6) is 0. The van der Waals surface area contributed by atoms with E-state index < -0.39 is 10.0 Å². The summed E-state index contributed by atoms with van der Waals surface area (Å²) in [5.41, 5.74) is 0.955. The van der Waals surface area contributed by atoms with Crippen LogP contribution in [0.4, 0.5) is 0 Å². The van der Waals surface area contributed by atoms with Gasteiger partial charge in [-0.15, -0.1) is 0 Å². The van der Waals surface area contributed by atoms with Crippen molar-refractivity contribution < 1.29 is 8.42 Å². The molecule has 21 heavy (non-hydrogen) atoms. The summed E-state index contributed by atoms with van der Waals surface area (Å²) >= 11 is 0. The summed E-state index contributed by atoms with van der Waals surface area (Å²) in [6.07, 6.45) is 1.65. The summed E-state index contributed by atoms with van der Waals surface area (Å²) in [6, 6.07) is 2.12. The standard InChI is InChI=1S/C14H28N4O2S/c1-6-15-10-13-9-14(11-18(13)5)21(19,20)16-7-8-17(4)12(2)3/h9,11-12,15-16H,6-8,10H2,1-5H3. The molecule has 0 fully saturated rings. The van der Waals surface area contributed by atoms with Crippen LogP contribution in [0.2, 0.25) is 0 Å². The van der Waals surface area contributed by atoms with Gasteiger partial charge in [0.05, 0.1) is 4.90 Å². The quantitative estimate of drug-likeness (QED) is 0.706. The van der Waals surface area contributed by atoms with Crippen molar-refractivity contribution in [2.24, 2.45) is 7.05 Å². The van der Waals surface area contributed by atoms with Crippen molar-refractivity contribution in [3.63, 3.8) is 0 Å². The number of sulfonamides is 1. The maximum absolute atomic E-state index is 12.3. The van der Waals surface area contributed by atoms with Crippen LogP contribution in [-0.4, -0.2) is 50.6 Å². The summed E-state index contributed by atoms with van der Waals surface area (Å²) < 4.78 is 29.0. The van der Waals surface area contributed by atoms with E-state index >= 15 is 0 Å². The van der Waals surface area contributed by atoms with E-state index in [0.29, 0.717) is 30.6 Å². The molecule has 1 aromatic rings. The van der Waals surface area contributed by atoms with Crippen LogP contribution in [-0.2, 0) is 23.6 Å². The van der Waals surface area contributed by atoms with E-state index in [2.05, 4.69) is 28.8 Å². The maximum atomic E-state index is 12.3. The lowest BCUT2D eigenvalue weighted by atomic mass is 10.3. The highest BCUT2D eigenvalue weighted by Crippen LogP contribution is 2.13. The lowest BCUT2D eigenvalue weighted by Gasteiger charge is -2.20. The molecular formula is C14H28N4O2S. The summed E-state index contributed by atoms with van der Waals surface area (Å²) in [6.45, 7) is 8.80. The Morgan fingerprint density at radius 2 is 2.05 bits per heavy atom. The van der Waals surface area contributed by atoms with Crippen molar-refractivity contribution >= 4 is 10.0 Å². The molecule has 0 spiro atoms. The van der Waals surface area contributed by atoms with E-state index in [1.54, 1.807) is 12.3 Å². The average molecular weight is 316 g/mol. The zero-order valence-corrected chi connectivity index (χ0v) is 14.5. The van der Waals surface area contributed by atoms with Crippen LogP contribution in [0.25, 0.3) is 0 Å². The number of likely N-dealkylation sites (N-methyl/N-ethyl adjacent to an activating group) is 1. The second-order valence-electron chi connectivity index (χ2n) is 5.53. The molecule has 0 saturated heterocycles. The van der Waals surface area contributed by atoms with E-state index in [1.807, 2.05) is 25.6 Å². The molecule has 6 nitrogen and oxygen atoms in total. The minimum absolute atomic E-state index is 0.324. The van der Waals surface area contributed by atoms with Gasteiger partial charge in [-0.25, -0.2) is 13.1 Å². The molecule has 1 rings (SSSR count). The van der Waals surface area contributed by atoms with Gasteiger partial charge in [0.1, 0.15) is 0 Å². The minimum atomic E-state index is -3.43. The van der Waals surface area contributed by atoms with Crippen molar-refractivity contribution in [3.8, 4) is 0 Å². The molecule has 122 valence electrons. The van der Waals surface area contributed by atoms with E-state index in [0.717, 1.165) is 12.2 Å². The third-order valence-electron chi connectivity index (χ3n) is 3.59. The van der Waals surface area contributed by atoms with E-state index in [-0.39, 0.29) is 0 Å². The Bertz CT molecular complexity index is 537. The van der Waals surface area contributed by atoms with Crippen LogP contribution in [0.3, 0.4) is 0 Å².